The molecule has 0 spiro atoms. The molecule has 0 radical (unpaired) electrons. The fourth-order valence-electron chi connectivity index (χ4n) is 0.344. The first-order valence-electron chi connectivity index (χ1n) is 1.99. The molecular weight excluding hydrogens is 236 g/mol. The topological polar surface area (TPSA) is 12.9 Å². The van der Waals surface area contributed by atoms with Crippen LogP contribution in [-0.4, -0.2) is 4.98 Å². The van der Waals surface area contributed by atoms with Gasteiger partial charge in [0.15, 0.2) is 4.47 Å². The maximum absolute atomic E-state index is 5.49. The first-order chi connectivity index (χ1) is 3.83. The molecule has 0 aliphatic carbocycles. The zero-order chi connectivity index (χ0) is 5.98. The van der Waals surface area contributed by atoms with Crippen LogP contribution in [0, 0.1) is 0 Å². The Labute approximate surface area is 85.6 Å². The highest BCUT2D eigenvalue weighted by atomic mass is 35.5. The van der Waals surface area contributed by atoms with Gasteiger partial charge in [-0.1, -0.05) is 11.6 Å². The van der Waals surface area contributed by atoms with E-state index in [1.165, 1.54) is 11.3 Å². The summed E-state index contributed by atoms with van der Waals surface area (Å²) in [6.45, 7) is 0. The lowest BCUT2D eigenvalue weighted by molar-refractivity contribution is 1.23. The molecule has 1 rings (SSSR count). The summed E-state index contributed by atoms with van der Waals surface area (Å²) in [5.74, 6) is 0.448. The SMILES string of the molecule is Cl.Cl.ClCc1csc(Cl)n1. The molecule has 10 heavy (non-hydrogen) atoms. The summed E-state index contributed by atoms with van der Waals surface area (Å²) < 4.78 is 0.556. The van der Waals surface area contributed by atoms with E-state index in [0.717, 1.165) is 5.69 Å². The Bertz CT molecular complexity index is 178. The van der Waals surface area contributed by atoms with Gasteiger partial charge in [-0.05, 0) is 0 Å². The number of aromatic nitrogens is 1. The number of alkyl halides is 1. The third-order valence-corrected chi connectivity index (χ3v) is 1.96. The second-order valence-electron chi connectivity index (χ2n) is 1.23. The summed E-state index contributed by atoms with van der Waals surface area (Å²) in [4.78, 5) is 3.88. The van der Waals surface area contributed by atoms with Crippen LogP contribution in [0.2, 0.25) is 4.47 Å². The minimum absolute atomic E-state index is 0. The Morgan fingerprint density at radius 2 is 2.10 bits per heavy atom. The Morgan fingerprint density at radius 3 is 2.30 bits per heavy atom. The van der Waals surface area contributed by atoms with Crippen molar-refractivity contribution < 1.29 is 0 Å². The van der Waals surface area contributed by atoms with Crippen LogP contribution in [0.5, 0.6) is 0 Å². The molecule has 0 saturated carbocycles. The van der Waals surface area contributed by atoms with E-state index in [0.29, 0.717) is 10.3 Å². The molecule has 60 valence electrons. The fraction of sp³-hybridized carbons (Fsp3) is 0.250. The van der Waals surface area contributed by atoms with Crippen molar-refractivity contribution in [1.82, 2.24) is 4.98 Å². The van der Waals surface area contributed by atoms with Gasteiger partial charge in [0.1, 0.15) is 0 Å². The molecule has 0 aliphatic heterocycles. The van der Waals surface area contributed by atoms with Gasteiger partial charge in [0.05, 0.1) is 11.6 Å². The number of hydrogen-bond donors (Lipinski definition) is 0. The molecule has 0 saturated heterocycles. The summed E-state index contributed by atoms with van der Waals surface area (Å²) in [7, 11) is 0. The maximum atomic E-state index is 5.49. The van der Waals surface area contributed by atoms with Crippen molar-refractivity contribution in [1.29, 1.82) is 0 Å². The molecule has 0 bridgehead atoms. The summed E-state index contributed by atoms with van der Waals surface area (Å²) >= 11 is 12.3. The van der Waals surface area contributed by atoms with Gasteiger partial charge in [-0.15, -0.1) is 47.8 Å². The van der Waals surface area contributed by atoms with E-state index < -0.39 is 0 Å². The third-order valence-electron chi connectivity index (χ3n) is 0.661. The zero-order valence-electron chi connectivity index (χ0n) is 4.71. The molecule has 1 heterocycles. The van der Waals surface area contributed by atoms with E-state index in [1.807, 2.05) is 5.38 Å². The maximum Gasteiger partial charge on any atom is 0.183 e. The molecule has 0 N–H and O–H groups in total. The second kappa shape index (κ2) is 6.50. The standard InChI is InChI=1S/C4H3Cl2NS.2ClH/c5-1-3-2-8-4(6)7-3;;/h2H,1H2;2*1H. The van der Waals surface area contributed by atoms with Gasteiger partial charge in [-0.25, -0.2) is 4.98 Å². The average Bonchev–Trinajstić information content (AvgIpc) is 2.14. The lowest BCUT2D eigenvalue weighted by atomic mass is 10.6. The molecule has 0 aliphatic rings. The predicted molar refractivity (Wildman–Crippen MR) is 51.2 cm³/mol. The largest absolute Gasteiger partial charge is 0.229 e. The molecule has 0 fully saturated rings. The van der Waals surface area contributed by atoms with Crippen molar-refractivity contribution in [3.63, 3.8) is 0 Å². The third kappa shape index (κ3) is 3.84. The molecule has 1 aromatic rings. The van der Waals surface area contributed by atoms with Crippen molar-refractivity contribution in [2.75, 3.05) is 0 Å². The minimum atomic E-state index is 0. The Balaban J connectivity index is 0. The Hall–Kier alpha value is 0.790. The summed E-state index contributed by atoms with van der Waals surface area (Å²) in [6, 6.07) is 0. The molecule has 0 unspecified atom stereocenters. The van der Waals surface area contributed by atoms with Crippen LogP contribution in [0.3, 0.4) is 0 Å². The van der Waals surface area contributed by atoms with Gasteiger partial charge in [0, 0.05) is 5.38 Å². The first kappa shape index (κ1) is 13.4. The van der Waals surface area contributed by atoms with Crippen molar-refractivity contribution >= 4 is 59.4 Å². The van der Waals surface area contributed by atoms with Crippen LogP contribution in [0.25, 0.3) is 0 Å². The predicted octanol–water partition coefficient (Wildman–Crippen LogP) is 3.38. The number of halogens is 4. The van der Waals surface area contributed by atoms with Crippen molar-refractivity contribution in [2.24, 2.45) is 0 Å². The summed E-state index contributed by atoms with van der Waals surface area (Å²) in [5.41, 5.74) is 0.849. The summed E-state index contributed by atoms with van der Waals surface area (Å²) in [5, 5.41) is 1.84. The molecule has 1 nitrogen and oxygen atoms in total. The van der Waals surface area contributed by atoms with E-state index in [2.05, 4.69) is 4.98 Å². The van der Waals surface area contributed by atoms with Crippen LogP contribution < -0.4 is 0 Å². The van der Waals surface area contributed by atoms with Gasteiger partial charge in [0.25, 0.3) is 0 Å². The molecular formula is C4H5Cl4NS. The van der Waals surface area contributed by atoms with E-state index in [4.69, 9.17) is 23.2 Å². The average molecular weight is 241 g/mol. The van der Waals surface area contributed by atoms with Crippen LogP contribution in [-0.2, 0) is 5.88 Å². The molecule has 6 heteroatoms. The molecule has 0 aromatic carbocycles. The Kier molecular flexibility index (Phi) is 8.70. The molecule has 0 amide bonds. The van der Waals surface area contributed by atoms with Crippen LogP contribution in [0.1, 0.15) is 5.69 Å². The van der Waals surface area contributed by atoms with Gasteiger partial charge in [-0.3, -0.25) is 0 Å². The van der Waals surface area contributed by atoms with Crippen LogP contribution >= 0.6 is 59.4 Å². The molecule has 1 aromatic heterocycles. The monoisotopic (exact) mass is 239 g/mol. The van der Waals surface area contributed by atoms with Crippen LogP contribution in [0.4, 0.5) is 0 Å². The van der Waals surface area contributed by atoms with E-state index in [-0.39, 0.29) is 24.8 Å². The quantitative estimate of drug-likeness (QED) is 0.686. The highest BCUT2D eigenvalue weighted by Crippen LogP contribution is 2.15. The van der Waals surface area contributed by atoms with E-state index in [1.54, 1.807) is 0 Å². The highest BCUT2D eigenvalue weighted by molar-refractivity contribution is 7.13. The number of rotatable bonds is 1. The first-order valence-corrected chi connectivity index (χ1v) is 3.78. The van der Waals surface area contributed by atoms with Gasteiger partial charge in [-0.2, -0.15) is 0 Å². The lowest BCUT2D eigenvalue weighted by Crippen LogP contribution is -1.71. The Morgan fingerprint density at radius 1 is 1.50 bits per heavy atom. The molecule has 0 atom stereocenters. The van der Waals surface area contributed by atoms with Crippen LogP contribution in [0.15, 0.2) is 5.38 Å². The lowest BCUT2D eigenvalue weighted by Gasteiger charge is -1.76. The number of hydrogen-bond acceptors (Lipinski definition) is 2. The zero-order valence-corrected chi connectivity index (χ0v) is 8.67. The number of thiazole rings is 1. The van der Waals surface area contributed by atoms with Gasteiger partial charge < -0.3 is 0 Å². The smallest absolute Gasteiger partial charge is 0.183 e. The second-order valence-corrected chi connectivity index (χ2v) is 2.93. The van der Waals surface area contributed by atoms with Crippen molar-refractivity contribution in [3.05, 3.63) is 15.5 Å². The van der Waals surface area contributed by atoms with E-state index >= 15 is 0 Å². The van der Waals surface area contributed by atoms with Crippen molar-refractivity contribution in [2.45, 2.75) is 5.88 Å². The van der Waals surface area contributed by atoms with Gasteiger partial charge in [0.2, 0.25) is 0 Å². The van der Waals surface area contributed by atoms with E-state index in [9.17, 15) is 0 Å². The highest BCUT2D eigenvalue weighted by Gasteiger charge is 1.94. The normalized spacial score (nSPS) is 7.80. The number of nitrogens with zero attached hydrogens (tertiary/aromatic N) is 1. The minimum Gasteiger partial charge on any atom is -0.229 e. The van der Waals surface area contributed by atoms with Crippen molar-refractivity contribution in [3.8, 4) is 0 Å². The van der Waals surface area contributed by atoms with Gasteiger partial charge >= 0.3 is 0 Å². The summed E-state index contributed by atoms with van der Waals surface area (Å²) in [6.07, 6.45) is 0. The fourth-order valence-corrected chi connectivity index (χ4v) is 1.35.